The molecule has 0 amide bonds. The van der Waals surface area contributed by atoms with Crippen molar-refractivity contribution in [3.8, 4) is 11.5 Å². The molecule has 22 heavy (non-hydrogen) atoms. The monoisotopic (exact) mass is 299 g/mol. The van der Waals surface area contributed by atoms with Gasteiger partial charge in [-0.25, -0.2) is 0 Å². The van der Waals surface area contributed by atoms with Crippen LogP contribution in [-0.2, 0) is 5.41 Å². The zero-order valence-corrected chi connectivity index (χ0v) is 13.9. The molecular formula is C19H25NO2. The molecular weight excluding hydrogens is 274 g/mol. The van der Waals surface area contributed by atoms with Gasteiger partial charge in [0.15, 0.2) is 11.5 Å². The molecule has 0 saturated carbocycles. The van der Waals surface area contributed by atoms with Crippen LogP contribution in [0, 0.1) is 12.8 Å². The maximum Gasteiger partial charge on any atom is 0.165 e. The Morgan fingerprint density at radius 1 is 1.36 bits per heavy atom. The first kappa shape index (κ1) is 14.1. The first-order valence-electron chi connectivity index (χ1n) is 8.31. The molecule has 0 aromatic heterocycles. The van der Waals surface area contributed by atoms with Gasteiger partial charge in [0.25, 0.3) is 0 Å². The highest BCUT2D eigenvalue weighted by atomic mass is 16.5. The van der Waals surface area contributed by atoms with E-state index >= 15 is 0 Å². The summed E-state index contributed by atoms with van der Waals surface area (Å²) in [7, 11) is 3.98. The summed E-state index contributed by atoms with van der Waals surface area (Å²) >= 11 is 0. The summed E-state index contributed by atoms with van der Waals surface area (Å²) in [5.74, 6) is 2.39. The van der Waals surface area contributed by atoms with Gasteiger partial charge in [0, 0.05) is 29.4 Å². The number of rotatable bonds is 1. The van der Waals surface area contributed by atoms with Gasteiger partial charge in [-0.05, 0) is 45.5 Å². The van der Waals surface area contributed by atoms with Crippen LogP contribution in [0.5, 0.6) is 11.5 Å². The Morgan fingerprint density at radius 2 is 2.18 bits per heavy atom. The Balaban J connectivity index is 1.94. The predicted octanol–water partition coefficient (Wildman–Crippen LogP) is 3.30. The minimum Gasteiger partial charge on any atom is -0.493 e. The lowest BCUT2D eigenvalue weighted by Gasteiger charge is -2.52. The van der Waals surface area contributed by atoms with E-state index < -0.39 is 0 Å². The van der Waals surface area contributed by atoms with Crippen molar-refractivity contribution in [2.45, 2.75) is 44.2 Å². The average molecular weight is 299 g/mol. The molecule has 1 aromatic rings. The van der Waals surface area contributed by atoms with E-state index in [2.05, 4.69) is 44.0 Å². The first-order valence-corrected chi connectivity index (χ1v) is 8.31. The zero-order valence-electron chi connectivity index (χ0n) is 13.9. The zero-order chi connectivity index (χ0) is 15.5. The van der Waals surface area contributed by atoms with Crippen LogP contribution in [0.4, 0.5) is 0 Å². The predicted molar refractivity (Wildman–Crippen MR) is 87.8 cm³/mol. The molecule has 1 spiro atoms. The third kappa shape index (κ3) is 1.60. The molecule has 0 radical (unpaired) electrons. The number of hydrogen-bond acceptors (Lipinski definition) is 3. The topological polar surface area (TPSA) is 21.7 Å². The summed E-state index contributed by atoms with van der Waals surface area (Å²) in [5, 5.41) is 0. The average Bonchev–Trinajstić information content (AvgIpc) is 2.87. The highest BCUT2D eigenvalue weighted by Crippen LogP contribution is 2.59. The molecule has 0 bridgehead atoms. The van der Waals surface area contributed by atoms with Crippen molar-refractivity contribution < 1.29 is 9.47 Å². The minimum atomic E-state index is 0.120. The van der Waals surface area contributed by atoms with Crippen LogP contribution < -0.4 is 9.47 Å². The molecule has 2 aliphatic heterocycles. The van der Waals surface area contributed by atoms with Crippen LogP contribution in [0.3, 0.4) is 0 Å². The van der Waals surface area contributed by atoms with Crippen molar-refractivity contribution in [3.63, 3.8) is 0 Å². The summed E-state index contributed by atoms with van der Waals surface area (Å²) in [5.41, 5.74) is 2.87. The fraction of sp³-hybridized carbons (Fsp3) is 0.579. The van der Waals surface area contributed by atoms with Crippen molar-refractivity contribution in [1.82, 2.24) is 4.90 Å². The number of nitrogens with zero attached hydrogens (tertiary/aromatic N) is 1. The van der Waals surface area contributed by atoms with E-state index in [1.807, 2.05) is 6.07 Å². The van der Waals surface area contributed by atoms with Gasteiger partial charge in [-0.2, -0.15) is 0 Å². The van der Waals surface area contributed by atoms with Gasteiger partial charge in [-0.1, -0.05) is 18.2 Å². The summed E-state index contributed by atoms with van der Waals surface area (Å²) < 4.78 is 12.0. The van der Waals surface area contributed by atoms with E-state index in [9.17, 15) is 0 Å². The van der Waals surface area contributed by atoms with Gasteiger partial charge < -0.3 is 14.4 Å². The van der Waals surface area contributed by atoms with E-state index in [-0.39, 0.29) is 11.5 Å². The van der Waals surface area contributed by atoms with Gasteiger partial charge in [0.2, 0.25) is 0 Å². The van der Waals surface area contributed by atoms with Crippen molar-refractivity contribution in [3.05, 3.63) is 35.4 Å². The third-order valence-corrected chi connectivity index (χ3v) is 6.23. The van der Waals surface area contributed by atoms with Gasteiger partial charge >= 0.3 is 0 Å². The minimum absolute atomic E-state index is 0.120. The van der Waals surface area contributed by atoms with E-state index in [1.54, 1.807) is 7.11 Å². The van der Waals surface area contributed by atoms with E-state index in [0.717, 1.165) is 30.9 Å². The molecule has 3 heteroatoms. The molecule has 1 fully saturated rings. The number of likely N-dealkylation sites (tertiary alicyclic amines) is 1. The molecule has 1 saturated heterocycles. The molecule has 4 rings (SSSR count). The second-order valence-electron chi connectivity index (χ2n) is 7.10. The number of aryl methyl sites for hydroxylation is 1. The van der Waals surface area contributed by atoms with Crippen LogP contribution >= 0.6 is 0 Å². The lowest BCUT2D eigenvalue weighted by molar-refractivity contribution is 0.0159. The van der Waals surface area contributed by atoms with E-state index in [1.165, 1.54) is 11.1 Å². The number of benzene rings is 1. The molecule has 2 heterocycles. The molecule has 1 aliphatic carbocycles. The van der Waals surface area contributed by atoms with Crippen molar-refractivity contribution >= 4 is 0 Å². The molecule has 3 unspecified atom stereocenters. The fourth-order valence-electron chi connectivity index (χ4n) is 4.97. The van der Waals surface area contributed by atoms with Crippen LogP contribution in [0.25, 0.3) is 0 Å². The Morgan fingerprint density at radius 3 is 2.95 bits per heavy atom. The summed E-state index contributed by atoms with van der Waals surface area (Å²) in [4.78, 5) is 2.48. The summed E-state index contributed by atoms with van der Waals surface area (Å²) in [6, 6.07) is 4.77. The van der Waals surface area contributed by atoms with E-state index in [0.29, 0.717) is 12.0 Å². The van der Waals surface area contributed by atoms with Crippen molar-refractivity contribution in [2.75, 3.05) is 20.7 Å². The maximum absolute atomic E-state index is 6.46. The molecule has 118 valence electrons. The maximum atomic E-state index is 6.46. The quantitative estimate of drug-likeness (QED) is 0.743. The smallest absolute Gasteiger partial charge is 0.165 e. The lowest BCUT2D eigenvalue weighted by Crippen LogP contribution is -2.58. The summed E-state index contributed by atoms with van der Waals surface area (Å²) in [6.45, 7) is 5.70. The largest absolute Gasteiger partial charge is 0.493 e. The number of piperidine rings is 1. The van der Waals surface area contributed by atoms with Gasteiger partial charge in [-0.15, -0.1) is 0 Å². The molecule has 1 aromatic carbocycles. The third-order valence-electron chi connectivity index (χ3n) is 6.23. The van der Waals surface area contributed by atoms with Crippen LogP contribution in [-0.4, -0.2) is 37.7 Å². The van der Waals surface area contributed by atoms with Crippen LogP contribution in [0.1, 0.15) is 30.9 Å². The fourth-order valence-corrected chi connectivity index (χ4v) is 4.97. The van der Waals surface area contributed by atoms with Crippen molar-refractivity contribution in [2.24, 2.45) is 5.92 Å². The number of ether oxygens (including phenoxy) is 2. The Kier molecular flexibility index (Phi) is 3.06. The standard InChI is InChI=1S/C19H25NO2/c1-12-8-9-15(21-4)18-17(12)19-10-11-20(3)13(2)14(19)6-5-7-16(19)22-18/h5-6,8-9,13-14,16H,7,10-11H2,1-4H3/t13?,14?,16-,19?/m0/s1. The Labute approximate surface area is 132 Å². The highest BCUT2D eigenvalue weighted by Gasteiger charge is 2.58. The second kappa shape index (κ2) is 4.76. The first-order chi connectivity index (χ1) is 10.6. The number of hydrogen-bond donors (Lipinski definition) is 0. The SMILES string of the molecule is COc1ccc(C)c2c1O[C@H]1CC=CC3C(C)N(C)CCC231. The number of fused-ring (bicyclic) bond motifs is 1. The molecule has 3 aliphatic rings. The van der Waals surface area contributed by atoms with Crippen LogP contribution in [0.15, 0.2) is 24.3 Å². The van der Waals surface area contributed by atoms with Crippen molar-refractivity contribution in [1.29, 1.82) is 0 Å². The highest BCUT2D eigenvalue weighted by molar-refractivity contribution is 5.59. The van der Waals surface area contributed by atoms with Gasteiger partial charge in [-0.3, -0.25) is 0 Å². The molecule has 4 atom stereocenters. The second-order valence-corrected chi connectivity index (χ2v) is 7.10. The lowest BCUT2D eigenvalue weighted by atomic mass is 9.58. The van der Waals surface area contributed by atoms with Crippen LogP contribution in [0.2, 0.25) is 0 Å². The molecule has 3 nitrogen and oxygen atoms in total. The molecule has 0 N–H and O–H groups in total. The normalized spacial score (nSPS) is 36.3. The number of methoxy groups -OCH3 is 1. The Hall–Kier alpha value is -1.48. The van der Waals surface area contributed by atoms with Gasteiger partial charge in [0.05, 0.1) is 7.11 Å². The van der Waals surface area contributed by atoms with E-state index in [4.69, 9.17) is 9.47 Å². The summed E-state index contributed by atoms with van der Waals surface area (Å²) in [6.07, 6.45) is 7.17. The Bertz CT molecular complexity index is 639. The van der Waals surface area contributed by atoms with Gasteiger partial charge in [0.1, 0.15) is 6.10 Å².